The molecule has 1 unspecified atom stereocenters. The fourth-order valence-electron chi connectivity index (χ4n) is 3.03. The number of fused-ring (bicyclic) bond motifs is 1. The maximum atomic E-state index is 6.55. The van der Waals surface area contributed by atoms with Crippen molar-refractivity contribution in [1.29, 1.82) is 0 Å². The third-order valence-electron chi connectivity index (χ3n) is 3.97. The number of hydrogen-bond acceptors (Lipinski definition) is 3. The zero-order valence-corrected chi connectivity index (χ0v) is 13.3. The van der Waals surface area contributed by atoms with E-state index in [1.54, 1.807) is 11.3 Å². The van der Waals surface area contributed by atoms with E-state index in [-0.39, 0.29) is 0 Å². The van der Waals surface area contributed by atoms with Crippen LogP contribution in [0.25, 0.3) is 0 Å². The lowest BCUT2D eigenvalue weighted by atomic mass is 10.1. The average molecular weight is 330 g/mol. The van der Waals surface area contributed by atoms with Crippen molar-refractivity contribution in [2.24, 2.45) is 0 Å². The van der Waals surface area contributed by atoms with Crippen molar-refractivity contribution < 1.29 is 4.74 Å². The van der Waals surface area contributed by atoms with Gasteiger partial charge in [0.05, 0.1) is 0 Å². The molecule has 1 aromatic heterocycles. The van der Waals surface area contributed by atoms with E-state index in [0.717, 1.165) is 33.8 Å². The molecule has 22 heavy (non-hydrogen) atoms. The Hall–Kier alpha value is -1.88. The van der Waals surface area contributed by atoms with Gasteiger partial charge in [0.1, 0.15) is 18.2 Å². The van der Waals surface area contributed by atoms with Crippen LogP contribution in [0, 0.1) is 0 Å². The minimum atomic E-state index is 0.507. The van der Waals surface area contributed by atoms with Gasteiger partial charge in [-0.3, -0.25) is 0 Å². The third kappa shape index (κ3) is 1.96. The first-order valence-corrected chi connectivity index (χ1v) is 8.34. The van der Waals surface area contributed by atoms with Crippen molar-refractivity contribution in [3.05, 3.63) is 65.1 Å². The van der Waals surface area contributed by atoms with Crippen molar-refractivity contribution in [3.8, 4) is 5.75 Å². The minimum Gasteiger partial charge on any atom is -0.481 e. The number of thiazole rings is 1. The van der Waals surface area contributed by atoms with E-state index in [4.69, 9.17) is 16.3 Å². The second-order valence-corrected chi connectivity index (χ2v) is 6.40. The van der Waals surface area contributed by atoms with E-state index < -0.39 is 0 Å². The highest BCUT2D eigenvalue weighted by Crippen LogP contribution is 2.52. The number of halogens is 1. The molecular weight excluding hydrogens is 316 g/mol. The van der Waals surface area contributed by atoms with Crippen LogP contribution in [0.3, 0.4) is 0 Å². The molecule has 2 heterocycles. The number of rotatable bonds is 2. The predicted octanol–water partition coefficient (Wildman–Crippen LogP) is 5.16. The van der Waals surface area contributed by atoms with Gasteiger partial charge in [-0.2, -0.15) is 9.47 Å². The molecule has 3 nitrogen and oxygen atoms in total. The minimum absolute atomic E-state index is 0.507. The van der Waals surface area contributed by atoms with E-state index >= 15 is 0 Å². The van der Waals surface area contributed by atoms with Gasteiger partial charge in [0.25, 0.3) is 5.13 Å². The van der Waals surface area contributed by atoms with Crippen LogP contribution in [-0.4, -0.2) is 18.1 Å². The lowest BCUT2D eigenvalue weighted by Crippen LogP contribution is -2.45. The molecular formula is C17H14ClN2OS+. The molecule has 0 aliphatic carbocycles. The van der Waals surface area contributed by atoms with Gasteiger partial charge in [-0.05, 0) is 12.1 Å². The number of hydrogen-bond donors (Lipinski definition) is 0. The summed E-state index contributed by atoms with van der Waals surface area (Å²) in [5, 5.41) is 3.75. The Bertz CT molecular complexity index is 806. The predicted molar refractivity (Wildman–Crippen MR) is 91.5 cm³/mol. The Kier molecular flexibility index (Phi) is 3.37. The fourth-order valence-corrected chi connectivity index (χ4v) is 4.14. The summed E-state index contributed by atoms with van der Waals surface area (Å²) in [6.07, 6.45) is 1.84. The maximum absolute atomic E-state index is 6.55. The molecule has 0 bridgehead atoms. The van der Waals surface area contributed by atoms with Crippen LogP contribution in [0.15, 0.2) is 60.1 Å². The van der Waals surface area contributed by atoms with Crippen LogP contribution >= 0.6 is 22.9 Å². The zero-order chi connectivity index (χ0) is 15.0. The van der Waals surface area contributed by atoms with Crippen LogP contribution in [0.2, 0.25) is 5.02 Å². The van der Waals surface area contributed by atoms with Gasteiger partial charge in [0.2, 0.25) is 0 Å². The smallest absolute Gasteiger partial charge is 0.296 e. The number of benzene rings is 2. The molecule has 110 valence electrons. The number of quaternary nitrogens is 1. The summed E-state index contributed by atoms with van der Waals surface area (Å²) in [6, 6.07) is 16.1. The summed E-state index contributed by atoms with van der Waals surface area (Å²) in [5.74, 6) is 0.892. The summed E-state index contributed by atoms with van der Waals surface area (Å²) in [6.45, 7) is 1.40. The van der Waals surface area contributed by atoms with Gasteiger partial charge in [0.15, 0.2) is 17.1 Å². The maximum Gasteiger partial charge on any atom is 0.296 e. The molecule has 1 atom stereocenters. The summed E-state index contributed by atoms with van der Waals surface area (Å²) >= 11 is 8.19. The first kappa shape index (κ1) is 13.8. The number of para-hydroxylation sites is 3. The molecule has 0 saturated heterocycles. The van der Waals surface area contributed by atoms with Crippen molar-refractivity contribution in [2.75, 3.05) is 13.2 Å². The Balaban J connectivity index is 2.06. The molecule has 0 saturated carbocycles. The topological polar surface area (TPSA) is 22.1 Å². The molecule has 0 N–H and O–H groups in total. The number of nitrogens with zero attached hydrogens (tertiary/aromatic N) is 2. The highest BCUT2D eigenvalue weighted by Gasteiger charge is 2.44. The first-order valence-electron chi connectivity index (χ1n) is 7.08. The van der Waals surface area contributed by atoms with Crippen LogP contribution in [0.4, 0.5) is 16.5 Å². The lowest BCUT2D eigenvalue weighted by molar-refractivity contribution is 0.255. The van der Waals surface area contributed by atoms with E-state index in [2.05, 4.69) is 17.1 Å². The van der Waals surface area contributed by atoms with Gasteiger partial charge in [-0.15, -0.1) is 0 Å². The Labute approximate surface area is 138 Å². The number of ether oxygens (including phenoxy) is 1. The Morgan fingerprint density at radius 1 is 1.05 bits per heavy atom. The molecule has 1 aliphatic heterocycles. The van der Waals surface area contributed by atoms with Crippen molar-refractivity contribution in [3.63, 3.8) is 0 Å². The van der Waals surface area contributed by atoms with Crippen LogP contribution in [0.1, 0.15) is 0 Å². The highest BCUT2D eigenvalue weighted by atomic mass is 35.5. The summed E-state index contributed by atoms with van der Waals surface area (Å²) in [4.78, 5) is 4.60. The molecule has 5 heteroatoms. The molecule has 2 aromatic carbocycles. The number of aromatic nitrogens is 1. The molecule has 3 aromatic rings. The Morgan fingerprint density at radius 3 is 2.59 bits per heavy atom. The van der Waals surface area contributed by atoms with E-state index in [1.165, 1.54) is 0 Å². The lowest BCUT2D eigenvalue weighted by Gasteiger charge is -2.38. The van der Waals surface area contributed by atoms with Crippen LogP contribution in [-0.2, 0) is 0 Å². The fraction of sp³-hybridized carbons (Fsp3) is 0.118. The van der Waals surface area contributed by atoms with Crippen LogP contribution in [0.5, 0.6) is 5.75 Å². The second kappa shape index (κ2) is 5.39. The van der Waals surface area contributed by atoms with Crippen LogP contribution < -0.4 is 9.22 Å². The van der Waals surface area contributed by atoms with E-state index in [0.29, 0.717) is 11.1 Å². The van der Waals surface area contributed by atoms with E-state index in [1.807, 2.05) is 48.0 Å². The standard InChI is InChI=1S/C17H14ClN2OS/c18-13-5-1-2-6-14(13)20(17-19-9-12-22-17)10-11-21-16-8-4-3-7-15(16)20/h1-9,12H,10-11H2/q+1. The molecule has 1 aliphatic rings. The molecule has 0 amide bonds. The molecule has 4 rings (SSSR count). The quantitative estimate of drug-likeness (QED) is 0.606. The van der Waals surface area contributed by atoms with Gasteiger partial charge >= 0.3 is 0 Å². The van der Waals surface area contributed by atoms with Gasteiger partial charge < -0.3 is 4.74 Å². The first-order chi connectivity index (χ1) is 10.8. The molecule has 0 fully saturated rings. The summed E-state index contributed by atoms with van der Waals surface area (Å²) < 4.78 is 6.36. The largest absolute Gasteiger partial charge is 0.481 e. The monoisotopic (exact) mass is 329 g/mol. The SMILES string of the molecule is Clc1ccccc1[N+]1(c2nccs2)CCOc2ccccc21. The molecule has 0 spiro atoms. The van der Waals surface area contributed by atoms with Gasteiger partial charge in [0, 0.05) is 23.7 Å². The third-order valence-corrected chi connectivity index (χ3v) is 5.18. The van der Waals surface area contributed by atoms with Crippen molar-refractivity contribution in [1.82, 2.24) is 9.47 Å². The molecule has 0 radical (unpaired) electrons. The van der Waals surface area contributed by atoms with Gasteiger partial charge in [-0.1, -0.05) is 47.2 Å². The summed E-state index contributed by atoms with van der Waals surface area (Å²) in [7, 11) is 0. The highest BCUT2D eigenvalue weighted by molar-refractivity contribution is 7.13. The Morgan fingerprint density at radius 2 is 1.82 bits per heavy atom. The second-order valence-electron chi connectivity index (χ2n) is 5.12. The van der Waals surface area contributed by atoms with Gasteiger partial charge in [-0.25, -0.2) is 0 Å². The van der Waals surface area contributed by atoms with Crippen molar-refractivity contribution >= 4 is 39.4 Å². The summed E-state index contributed by atoms with van der Waals surface area (Å²) in [5.41, 5.74) is 2.12. The zero-order valence-electron chi connectivity index (χ0n) is 11.8. The van der Waals surface area contributed by atoms with Crippen molar-refractivity contribution in [2.45, 2.75) is 0 Å². The average Bonchev–Trinajstić information content (AvgIpc) is 3.10. The normalized spacial score (nSPS) is 20.2. The van der Waals surface area contributed by atoms with E-state index in [9.17, 15) is 0 Å².